The molecule has 0 amide bonds. The molecular weight excluding hydrogens is 232 g/mol. The van der Waals surface area contributed by atoms with E-state index in [1.54, 1.807) is 30.3 Å². The van der Waals surface area contributed by atoms with Crippen molar-refractivity contribution in [2.45, 2.75) is 11.8 Å². The zero-order chi connectivity index (χ0) is 13.2. The smallest absolute Gasteiger partial charge is 0.324 e. The number of carbonyl (C=O) groups excluding carboxylic acids is 2. The fourth-order valence-electron chi connectivity index (χ4n) is 2.29. The SMILES string of the molecule is COC(=O)[C@]1(c2ccccc2OC)CC=CC1=O. The van der Waals surface area contributed by atoms with E-state index in [2.05, 4.69) is 0 Å². The summed E-state index contributed by atoms with van der Waals surface area (Å²) in [4.78, 5) is 24.2. The predicted molar refractivity (Wildman–Crippen MR) is 65.5 cm³/mol. The van der Waals surface area contributed by atoms with Crippen LogP contribution in [0.25, 0.3) is 0 Å². The standard InChI is InChI=1S/C14H14O4/c1-17-11-7-4-3-6-10(11)14(13(16)18-2)9-5-8-12(14)15/h3-8H,9H2,1-2H3/t14-/m0/s1. The van der Waals surface area contributed by atoms with E-state index in [9.17, 15) is 9.59 Å². The van der Waals surface area contributed by atoms with Gasteiger partial charge in [0.25, 0.3) is 0 Å². The maximum absolute atomic E-state index is 12.1. The first-order valence-electron chi connectivity index (χ1n) is 5.59. The molecule has 1 aromatic rings. The predicted octanol–water partition coefficient (Wildman–Crippen LogP) is 1.64. The molecule has 0 saturated carbocycles. The molecule has 0 aliphatic heterocycles. The second-order valence-corrected chi connectivity index (χ2v) is 4.07. The van der Waals surface area contributed by atoms with Crippen molar-refractivity contribution in [3.63, 3.8) is 0 Å². The fourth-order valence-corrected chi connectivity index (χ4v) is 2.29. The number of methoxy groups -OCH3 is 2. The van der Waals surface area contributed by atoms with Crippen molar-refractivity contribution in [3.05, 3.63) is 42.0 Å². The number of ketones is 1. The molecule has 2 rings (SSSR count). The van der Waals surface area contributed by atoms with Crippen LogP contribution in [0.3, 0.4) is 0 Å². The second-order valence-electron chi connectivity index (χ2n) is 4.07. The van der Waals surface area contributed by atoms with Crippen LogP contribution in [0.5, 0.6) is 5.75 Å². The normalized spacial score (nSPS) is 22.0. The summed E-state index contributed by atoms with van der Waals surface area (Å²) in [5.41, 5.74) is -0.740. The van der Waals surface area contributed by atoms with Gasteiger partial charge in [0, 0.05) is 5.56 Å². The highest BCUT2D eigenvalue weighted by Crippen LogP contribution is 2.40. The Morgan fingerprint density at radius 1 is 1.28 bits per heavy atom. The third kappa shape index (κ3) is 1.61. The summed E-state index contributed by atoms with van der Waals surface area (Å²) in [6.07, 6.45) is 3.41. The van der Waals surface area contributed by atoms with Crippen LogP contribution in [0, 0.1) is 0 Å². The van der Waals surface area contributed by atoms with Crippen LogP contribution in [0.2, 0.25) is 0 Å². The van der Waals surface area contributed by atoms with Crippen molar-refractivity contribution >= 4 is 11.8 Å². The fraction of sp³-hybridized carbons (Fsp3) is 0.286. The molecule has 1 aliphatic rings. The Bertz CT molecular complexity index is 518. The number of allylic oxidation sites excluding steroid dienone is 2. The summed E-state index contributed by atoms with van der Waals surface area (Å²) in [5.74, 6) is -0.305. The number of benzene rings is 1. The van der Waals surface area contributed by atoms with Gasteiger partial charge in [-0.2, -0.15) is 0 Å². The molecule has 0 aromatic heterocycles. The molecule has 0 bridgehead atoms. The lowest BCUT2D eigenvalue weighted by Crippen LogP contribution is -2.41. The van der Waals surface area contributed by atoms with Gasteiger partial charge in [0.05, 0.1) is 14.2 Å². The average molecular weight is 246 g/mol. The highest BCUT2D eigenvalue weighted by atomic mass is 16.5. The van der Waals surface area contributed by atoms with E-state index in [-0.39, 0.29) is 5.78 Å². The monoisotopic (exact) mass is 246 g/mol. The number of para-hydroxylation sites is 1. The minimum Gasteiger partial charge on any atom is -0.496 e. The van der Waals surface area contributed by atoms with Crippen LogP contribution >= 0.6 is 0 Å². The third-order valence-corrected chi connectivity index (χ3v) is 3.21. The van der Waals surface area contributed by atoms with E-state index >= 15 is 0 Å². The van der Waals surface area contributed by atoms with Crippen molar-refractivity contribution in [2.24, 2.45) is 0 Å². The molecule has 1 aromatic carbocycles. The molecule has 0 spiro atoms. The number of hydrogen-bond acceptors (Lipinski definition) is 4. The molecule has 18 heavy (non-hydrogen) atoms. The molecule has 4 nitrogen and oxygen atoms in total. The third-order valence-electron chi connectivity index (χ3n) is 3.21. The van der Waals surface area contributed by atoms with Gasteiger partial charge in [0.1, 0.15) is 5.75 Å². The highest BCUT2D eigenvalue weighted by Gasteiger charge is 2.50. The van der Waals surface area contributed by atoms with Gasteiger partial charge in [0.15, 0.2) is 11.2 Å². The van der Waals surface area contributed by atoms with Gasteiger partial charge in [-0.05, 0) is 18.6 Å². The lowest BCUT2D eigenvalue weighted by Gasteiger charge is -2.26. The van der Waals surface area contributed by atoms with Crippen LogP contribution in [-0.2, 0) is 19.7 Å². The number of carbonyl (C=O) groups is 2. The van der Waals surface area contributed by atoms with Crippen LogP contribution in [0.15, 0.2) is 36.4 Å². The summed E-state index contributed by atoms with van der Waals surface area (Å²) < 4.78 is 10.0. The number of esters is 1. The molecule has 1 aliphatic carbocycles. The number of hydrogen-bond donors (Lipinski definition) is 0. The lowest BCUT2D eigenvalue weighted by atomic mass is 9.77. The Labute approximate surface area is 105 Å². The van der Waals surface area contributed by atoms with Crippen molar-refractivity contribution in [2.75, 3.05) is 14.2 Å². The van der Waals surface area contributed by atoms with Gasteiger partial charge < -0.3 is 9.47 Å². The van der Waals surface area contributed by atoms with E-state index in [4.69, 9.17) is 9.47 Å². The number of ether oxygens (including phenoxy) is 2. The first-order chi connectivity index (χ1) is 8.66. The van der Waals surface area contributed by atoms with Gasteiger partial charge >= 0.3 is 5.97 Å². The van der Waals surface area contributed by atoms with Gasteiger partial charge in [0.2, 0.25) is 0 Å². The van der Waals surface area contributed by atoms with Gasteiger partial charge in [-0.15, -0.1) is 0 Å². The largest absolute Gasteiger partial charge is 0.496 e. The molecule has 4 heteroatoms. The first-order valence-corrected chi connectivity index (χ1v) is 5.59. The molecular formula is C14H14O4. The summed E-state index contributed by atoms with van der Waals surface area (Å²) in [7, 11) is 2.79. The van der Waals surface area contributed by atoms with Gasteiger partial charge in [-0.1, -0.05) is 24.3 Å². The minimum absolute atomic E-state index is 0.265. The Balaban J connectivity index is 2.61. The topological polar surface area (TPSA) is 52.6 Å². The number of rotatable bonds is 3. The summed E-state index contributed by atoms with van der Waals surface area (Å²) in [5, 5.41) is 0. The van der Waals surface area contributed by atoms with Crippen molar-refractivity contribution in [3.8, 4) is 5.75 Å². The molecule has 0 N–H and O–H groups in total. The van der Waals surface area contributed by atoms with Crippen LogP contribution in [0.1, 0.15) is 12.0 Å². The highest BCUT2D eigenvalue weighted by molar-refractivity contribution is 6.16. The molecule has 94 valence electrons. The van der Waals surface area contributed by atoms with E-state index in [1.165, 1.54) is 20.3 Å². The van der Waals surface area contributed by atoms with Gasteiger partial charge in [-0.3, -0.25) is 9.59 Å². The van der Waals surface area contributed by atoms with Crippen molar-refractivity contribution in [1.29, 1.82) is 0 Å². The average Bonchev–Trinajstić information content (AvgIpc) is 2.80. The molecule has 1 atom stereocenters. The Hall–Kier alpha value is -2.10. The Morgan fingerprint density at radius 2 is 2.00 bits per heavy atom. The van der Waals surface area contributed by atoms with Crippen molar-refractivity contribution in [1.82, 2.24) is 0 Å². The maximum atomic E-state index is 12.1. The zero-order valence-corrected chi connectivity index (χ0v) is 10.3. The van der Waals surface area contributed by atoms with E-state index in [0.717, 1.165) is 0 Å². The first kappa shape index (κ1) is 12.4. The Morgan fingerprint density at radius 3 is 2.56 bits per heavy atom. The Kier molecular flexibility index (Phi) is 3.19. The van der Waals surface area contributed by atoms with Crippen molar-refractivity contribution < 1.29 is 19.1 Å². The van der Waals surface area contributed by atoms with Crippen LogP contribution in [0.4, 0.5) is 0 Å². The van der Waals surface area contributed by atoms with Crippen LogP contribution < -0.4 is 4.74 Å². The lowest BCUT2D eigenvalue weighted by molar-refractivity contribution is -0.150. The maximum Gasteiger partial charge on any atom is 0.324 e. The summed E-state index contributed by atoms with van der Waals surface area (Å²) >= 11 is 0. The van der Waals surface area contributed by atoms with Crippen LogP contribution in [-0.4, -0.2) is 26.0 Å². The summed E-state index contributed by atoms with van der Waals surface area (Å²) in [6.45, 7) is 0. The minimum atomic E-state index is -1.29. The summed E-state index contributed by atoms with van der Waals surface area (Å²) in [6, 6.07) is 7.01. The molecule has 0 heterocycles. The van der Waals surface area contributed by atoms with E-state index < -0.39 is 11.4 Å². The quantitative estimate of drug-likeness (QED) is 0.601. The molecule has 0 unspecified atom stereocenters. The molecule has 0 radical (unpaired) electrons. The van der Waals surface area contributed by atoms with Gasteiger partial charge in [-0.25, -0.2) is 0 Å². The second kappa shape index (κ2) is 4.64. The molecule has 0 fully saturated rings. The molecule has 0 saturated heterocycles. The van der Waals surface area contributed by atoms with E-state index in [0.29, 0.717) is 17.7 Å². The zero-order valence-electron chi connectivity index (χ0n) is 10.3. The van der Waals surface area contributed by atoms with E-state index in [1.807, 2.05) is 0 Å².